The Kier molecular flexibility index (Phi) is 7.02. The standard InChI is InChI=1S/C8H17ClO2/c1-3-7(2)5-11-6-8(10)4-9/h7-8,10H,3-6H2,1-2H3/t7-,8-/m0/s1. The molecule has 0 saturated heterocycles. The van der Waals surface area contributed by atoms with Crippen LogP contribution >= 0.6 is 11.6 Å². The zero-order chi connectivity index (χ0) is 8.69. The van der Waals surface area contributed by atoms with Crippen molar-refractivity contribution in [3.63, 3.8) is 0 Å². The van der Waals surface area contributed by atoms with E-state index in [0.29, 0.717) is 19.1 Å². The van der Waals surface area contributed by atoms with E-state index < -0.39 is 6.10 Å². The molecule has 0 amide bonds. The van der Waals surface area contributed by atoms with Crippen LogP contribution < -0.4 is 0 Å². The summed E-state index contributed by atoms with van der Waals surface area (Å²) in [5, 5.41) is 8.99. The first-order valence-corrected chi connectivity index (χ1v) is 4.55. The second-order valence-electron chi connectivity index (χ2n) is 2.86. The molecule has 2 atom stereocenters. The number of rotatable bonds is 6. The minimum Gasteiger partial charge on any atom is -0.389 e. The molecule has 0 heterocycles. The van der Waals surface area contributed by atoms with Crippen molar-refractivity contribution in [2.75, 3.05) is 19.1 Å². The maximum atomic E-state index is 8.99. The largest absolute Gasteiger partial charge is 0.389 e. The molecule has 0 spiro atoms. The molecule has 0 aromatic heterocycles. The lowest BCUT2D eigenvalue weighted by molar-refractivity contribution is 0.0328. The summed E-state index contributed by atoms with van der Waals surface area (Å²) in [4.78, 5) is 0. The van der Waals surface area contributed by atoms with Crippen molar-refractivity contribution in [3.8, 4) is 0 Å². The molecule has 0 unspecified atom stereocenters. The van der Waals surface area contributed by atoms with Crippen molar-refractivity contribution < 1.29 is 9.84 Å². The quantitative estimate of drug-likeness (QED) is 0.630. The Morgan fingerprint density at radius 2 is 2.09 bits per heavy atom. The van der Waals surface area contributed by atoms with Crippen molar-refractivity contribution in [2.45, 2.75) is 26.4 Å². The summed E-state index contributed by atoms with van der Waals surface area (Å²) in [7, 11) is 0. The third-order valence-electron chi connectivity index (χ3n) is 1.59. The first kappa shape index (κ1) is 11.2. The highest BCUT2D eigenvalue weighted by Crippen LogP contribution is 2.01. The third-order valence-corrected chi connectivity index (χ3v) is 1.94. The Balaban J connectivity index is 3.13. The molecule has 0 aromatic rings. The fourth-order valence-corrected chi connectivity index (χ4v) is 0.657. The van der Waals surface area contributed by atoms with Gasteiger partial charge < -0.3 is 9.84 Å². The summed E-state index contributed by atoms with van der Waals surface area (Å²) in [6, 6.07) is 0. The van der Waals surface area contributed by atoms with Gasteiger partial charge >= 0.3 is 0 Å². The highest BCUT2D eigenvalue weighted by molar-refractivity contribution is 6.18. The van der Waals surface area contributed by atoms with Gasteiger partial charge in [0.1, 0.15) is 0 Å². The number of halogens is 1. The summed E-state index contributed by atoms with van der Waals surface area (Å²) in [5.41, 5.74) is 0. The second-order valence-corrected chi connectivity index (χ2v) is 3.17. The molecule has 0 aliphatic rings. The predicted molar refractivity (Wildman–Crippen MR) is 47.0 cm³/mol. The molecule has 0 radical (unpaired) electrons. The van der Waals surface area contributed by atoms with Gasteiger partial charge in [-0.25, -0.2) is 0 Å². The van der Waals surface area contributed by atoms with Crippen LogP contribution in [0, 0.1) is 5.92 Å². The third kappa shape index (κ3) is 6.60. The van der Waals surface area contributed by atoms with Crippen molar-refractivity contribution in [1.82, 2.24) is 0 Å². The van der Waals surface area contributed by atoms with Crippen LogP contribution in [0.3, 0.4) is 0 Å². The van der Waals surface area contributed by atoms with Crippen LogP contribution in [0.1, 0.15) is 20.3 Å². The van der Waals surface area contributed by atoms with E-state index in [4.69, 9.17) is 21.4 Å². The van der Waals surface area contributed by atoms with Crippen LogP contribution in [0.4, 0.5) is 0 Å². The zero-order valence-electron chi connectivity index (χ0n) is 7.22. The number of ether oxygens (including phenoxy) is 1. The van der Waals surface area contributed by atoms with Gasteiger partial charge in [0.2, 0.25) is 0 Å². The van der Waals surface area contributed by atoms with Gasteiger partial charge in [-0.1, -0.05) is 20.3 Å². The monoisotopic (exact) mass is 180 g/mol. The minimum atomic E-state index is -0.513. The van der Waals surface area contributed by atoms with Gasteiger partial charge in [0, 0.05) is 6.61 Å². The topological polar surface area (TPSA) is 29.5 Å². The van der Waals surface area contributed by atoms with E-state index in [0.717, 1.165) is 6.42 Å². The van der Waals surface area contributed by atoms with Crippen molar-refractivity contribution in [1.29, 1.82) is 0 Å². The lowest BCUT2D eigenvalue weighted by Crippen LogP contribution is -2.18. The molecule has 1 N–H and O–H groups in total. The molecule has 0 aliphatic heterocycles. The lowest BCUT2D eigenvalue weighted by atomic mass is 10.1. The van der Waals surface area contributed by atoms with Crippen LogP contribution in [0.15, 0.2) is 0 Å². The SMILES string of the molecule is CC[C@H](C)COC[C@@H](O)CCl. The van der Waals surface area contributed by atoms with Crippen LogP contribution in [-0.4, -0.2) is 30.3 Å². The summed E-state index contributed by atoms with van der Waals surface area (Å²) in [5.74, 6) is 0.818. The minimum absolute atomic E-state index is 0.251. The Hall–Kier alpha value is 0.210. The summed E-state index contributed by atoms with van der Waals surface area (Å²) in [6.07, 6.45) is 0.595. The molecule has 0 aliphatic carbocycles. The van der Waals surface area contributed by atoms with Crippen LogP contribution in [-0.2, 0) is 4.74 Å². The molecular formula is C8H17ClO2. The highest BCUT2D eigenvalue weighted by atomic mass is 35.5. The Morgan fingerprint density at radius 3 is 2.55 bits per heavy atom. The molecule has 0 fully saturated rings. The van der Waals surface area contributed by atoms with Crippen LogP contribution in [0.2, 0.25) is 0 Å². The van der Waals surface area contributed by atoms with E-state index in [2.05, 4.69) is 13.8 Å². The molecule has 0 bridgehead atoms. The first-order valence-electron chi connectivity index (χ1n) is 4.02. The molecule has 0 aromatic carbocycles. The maximum absolute atomic E-state index is 8.99. The smallest absolute Gasteiger partial charge is 0.0908 e. The number of aliphatic hydroxyl groups excluding tert-OH is 1. The van der Waals surface area contributed by atoms with Gasteiger partial charge in [-0.05, 0) is 5.92 Å². The van der Waals surface area contributed by atoms with E-state index >= 15 is 0 Å². The summed E-state index contributed by atoms with van der Waals surface area (Å²) < 4.78 is 5.20. The fourth-order valence-electron chi connectivity index (χ4n) is 0.568. The molecule has 2 nitrogen and oxygen atoms in total. The van der Waals surface area contributed by atoms with Gasteiger partial charge in [0.05, 0.1) is 18.6 Å². The van der Waals surface area contributed by atoms with E-state index in [1.54, 1.807) is 0 Å². The average Bonchev–Trinajstić information content (AvgIpc) is 2.04. The summed E-state index contributed by atoms with van der Waals surface area (Å²) in [6.45, 7) is 5.30. The van der Waals surface area contributed by atoms with Gasteiger partial charge in [-0.3, -0.25) is 0 Å². The van der Waals surface area contributed by atoms with Crippen LogP contribution in [0.5, 0.6) is 0 Å². The number of hydrogen-bond donors (Lipinski definition) is 1. The van der Waals surface area contributed by atoms with Gasteiger partial charge in [-0.15, -0.1) is 11.6 Å². The van der Waals surface area contributed by atoms with Gasteiger partial charge in [-0.2, -0.15) is 0 Å². The molecule has 11 heavy (non-hydrogen) atoms. The Labute approximate surface area is 73.5 Å². The zero-order valence-corrected chi connectivity index (χ0v) is 7.97. The summed E-state index contributed by atoms with van der Waals surface area (Å²) >= 11 is 5.37. The fraction of sp³-hybridized carbons (Fsp3) is 1.00. The van der Waals surface area contributed by atoms with Gasteiger partial charge in [0.15, 0.2) is 0 Å². The maximum Gasteiger partial charge on any atom is 0.0908 e. The molecule has 0 rings (SSSR count). The van der Waals surface area contributed by atoms with E-state index in [1.165, 1.54) is 0 Å². The molecule has 3 heteroatoms. The van der Waals surface area contributed by atoms with Crippen LogP contribution in [0.25, 0.3) is 0 Å². The average molecular weight is 181 g/mol. The first-order chi connectivity index (χ1) is 5.20. The number of hydrogen-bond acceptors (Lipinski definition) is 2. The van der Waals surface area contributed by atoms with Crippen molar-refractivity contribution in [2.24, 2.45) is 5.92 Å². The van der Waals surface area contributed by atoms with E-state index in [1.807, 2.05) is 0 Å². The van der Waals surface area contributed by atoms with Gasteiger partial charge in [0.25, 0.3) is 0 Å². The lowest BCUT2D eigenvalue weighted by Gasteiger charge is -2.11. The normalized spacial score (nSPS) is 16.4. The Bertz CT molecular complexity index is 78.2. The molecular weight excluding hydrogens is 164 g/mol. The number of aliphatic hydroxyl groups is 1. The van der Waals surface area contributed by atoms with Crippen molar-refractivity contribution >= 4 is 11.6 Å². The van der Waals surface area contributed by atoms with E-state index in [9.17, 15) is 0 Å². The molecule has 0 saturated carbocycles. The highest BCUT2D eigenvalue weighted by Gasteiger charge is 2.03. The van der Waals surface area contributed by atoms with E-state index in [-0.39, 0.29) is 5.88 Å². The molecule has 68 valence electrons. The Morgan fingerprint density at radius 1 is 1.45 bits per heavy atom. The van der Waals surface area contributed by atoms with Crippen molar-refractivity contribution in [3.05, 3.63) is 0 Å². The predicted octanol–water partition coefficient (Wildman–Crippen LogP) is 1.65. The number of alkyl halides is 1. The second kappa shape index (κ2) is 6.89.